The molecule has 2 saturated carbocycles. The lowest BCUT2D eigenvalue weighted by Gasteiger charge is -2.34. The number of hydrogen-bond acceptors (Lipinski definition) is 3. The van der Waals surface area contributed by atoms with Crippen LogP contribution in [-0.2, 0) is 0 Å². The molecule has 2 aliphatic rings. The van der Waals surface area contributed by atoms with Gasteiger partial charge in [-0.1, -0.05) is 26.8 Å². The molecule has 0 spiro atoms. The van der Waals surface area contributed by atoms with Crippen LogP contribution >= 0.6 is 0 Å². The van der Waals surface area contributed by atoms with Crippen LogP contribution in [0, 0.1) is 16.7 Å². The minimum atomic E-state index is -0.662. The molecule has 2 fully saturated rings. The molecule has 2 aliphatic carbocycles. The maximum Gasteiger partial charge on any atom is 0.316 e. The number of nitrogens with two attached hydrogens (primary N) is 1. The Morgan fingerprint density at radius 1 is 1.29 bits per heavy atom. The van der Waals surface area contributed by atoms with Crippen molar-refractivity contribution in [3.8, 4) is 0 Å². The van der Waals surface area contributed by atoms with E-state index in [2.05, 4.69) is 36.6 Å². The summed E-state index contributed by atoms with van der Waals surface area (Å²) in [7, 11) is 0. The lowest BCUT2D eigenvalue weighted by atomic mass is 9.70. The number of primary amides is 1. The second kappa shape index (κ2) is 5.61. The van der Waals surface area contributed by atoms with Crippen molar-refractivity contribution in [3.63, 3.8) is 0 Å². The molecule has 3 amide bonds. The molecule has 2 atom stereocenters. The number of amides is 3. The van der Waals surface area contributed by atoms with Crippen LogP contribution in [0.5, 0.6) is 0 Å². The first kappa shape index (κ1) is 16.5. The fourth-order valence-corrected chi connectivity index (χ4v) is 4.16. The molecule has 0 heterocycles. The van der Waals surface area contributed by atoms with E-state index in [0.29, 0.717) is 17.2 Å². The van der Waals surface area contributed by atoms with E-state index in [4.69, 9.17) is 5.73 Å². The van der Waals surface area contributed by atoms with Crippen molar-refractivity contribution in [2.45, 2.75) is 40.0 Å². The average Bonchev–Trinajstić information content (AvgIpc) is 2.85. The van der Waals surface area contributed by atoms with Crippen LogP contribution in [0.25, 0.3) is 0 Å². The Hall–Kier alpha value is -2.37. The largest absolute Gasteiger partial charge is 0.351 e. The zero-order valence-electron chi connectivity index (χ0n) is 14.3. The number of benzene rings is 1. The van der Waals surface area contributed by atoms with Gasteiger partial charge < -0.3 is 11.1 Å². The van der Waals surface area contributed by atoms with Gasteiger partial charge in [-0.25, -0.2) is 10.2 Å². The molecule has 4 N–H and O–H groups in total. The maximum atomic E-state index is 12.3. The Kier molecular flexibility index (Phi) is 3.86. The summed E-state index contributed by atoms with van der Waals surface area (Å²) in [6.45, 7) is 6.85. The van der Waals surface area contributed by atoms with Gasteiger partial charge in [0.1, 0.15) is 0 Å². The molecular formula is C18H24N4O2. The molecule has 0 aliphatic heterocycles. The highest BCUT2D eigenvalue weighted by Gasteiger charge is 2.59. The number of nitrogens with zero attached hydrogens (tertiary/aromatic N) is 1. The van der Waals surface area contributed by atoms with E-state index >= 15 is 0 Å². The molecule has 2 bridgehead atoms. The van der Waals surface area contributed by atoms with Crippen molar-refractivity contribution in [2.75, 3.05) is 5.32 Å². The van der Waals surface area contributed by atoms with Crippen molar-refractivity contribution < 1.29 is 9.59 Å². The molecular weight excluding hydrogens is 304 g/mol. The van der Waals surface area contributed by atoms with Gasteiger partial charge in [0.2, 0.25) is 0 Å². The molecule has 0 radical (unpaired) electrons. The average molecular weight is 328 g/mol. The lowest BCUT2D eigenvalue weighted by molar-refractivity contribution is 0.0954. The van der Waals surface area contributed by atoms with Crippen LogP contribution in [0.3, 0.4) is 0 Å². The number of urea groups is 1. The second-order valence-corrected chi connectivity index (χ2v) is 7.56. The van der Waals surface area contributed by atoms with Crippen molar-refractivity contribution in [2.24, 2.45) is 27.6 Å². The summed E-state index contributed by atoms with van der Waals surface area (Å²) in [6, 6.07) is 5.95. The van der Waals surface area contributed by atoms with Gasteiger partial charge in [0.25, 0.3) is 5.91 Å². The van der Waals surface area contributed by atoms with Crippen molar-refractivity contribution >= 4 is 23.3 Å². The topological polar surface area (TPSA) is 96.6 Å². The zero-order chi connectivity index (χ0) is 17.5. The molecule has 6 nitrogen and oxygen atoms in total. The quantitative estimate of drug-likeness (QED) is 0.743. The minimum Gasteiger partial charge on any atom is -0.351 e. The van der Waals surface area contributed by atoms with Gasteiger partial charge in [-0.3, -0.25) is 4.79 Å². The van der Waals surface area contributed by atoms with E-state index in [1.54, 1.807) is 24.3 Å². The summed E-state index contributed by atoms with van der Waals surface area (Å²) in [5.74, 6) is 0.348. The minimum absolute atomic E-state index is 0.0559. The Morgan fingerprint density at radius 3 is 2.62 bits per heavy atom. The summed E-state index contributed by atoms with van der Waals surface area (Å²) < 4.78 is 0. The van der Waals surface area contributed by atoms with Crippen LogP contribution in [0.15, 0.2) is 29.4 Å². The highest BCUT2D eigenvalue weighted by Crippen LogP contribution is 2.63. The van der Waals surface area contributed by atoms with Gasteiger partial charge in [-0.05, 0) is 48.8 Å². The maximum absolute atomic E-state index is 12.3. The van der Waals surface area contributed by atoms with E-state index in [0.717, 1.165) is 18.6 Å². The van der Waals surface area contributed by atoms with Crippen molar-refractivity contribution in [3.05, 3.63) is 29.8 Å². The molecule has 0 unspecified atom stereocenters. The third-order valence-electron chi connectivity index (χ3n) is 6.20. The first-order valence-corrected chi connectivity index (χ1v) is 8.28. The Labute approximate surface area is 141 Å². The number of carbonyl (C=O) groups excluding carboxylic acids is 2. The summed E-state index contributed by atoms with van der Waals surface area (Å²) >= 11 is 0. The molecule has 1 aromatic rings. The van der Waals surface area contributed by atoms with Crippen LogP contribution in [0.2, 0.25) is 0 Å². The standard InChI is InChI=1S/C18H24N4O2/c1-17(2)12-7-8-18(17,3)14(10-12)21-22-15(23)11-5-4-6-13(9-11)20-16(19)24/h4-6,9,12H,7-8,10H2,1-3H3,(H,22,23)(H3,19,20,24)/b21-14+/t12-,18+/m0/s1. The number of carbonyl (C=O) groups is 2. The smallest absolute Gasteiger partial charge is 0.316 e. The van der Waals surface area contributed by atoms with Crippen LogP contribution < -0.4 is 16.5 Å². The predicted molar refractivity (Wildman–Crippen MR) is 93.8 cm³/mol. The fraction of sp³-hybridized carbons (Fsp3) is 0.500. The third-order valence-corrected chi connectivity index (χ3v) is 6.20. The Bertz CT molecular complexity index is 725. The Balaban J connectivity index is 1.74. The molecule has 1 aromatic carbocycles. The van der Waals surface area contributed by atoms with E-state index in [1.807, 2.05) is 0 Å². The normalized spacial score (nSPS) is 28.8. The van der Waals surface area contributed by atoms with Crippen molar-refractivity contribution in [1.29, 1.82) is 0 Å². The first-order chi connectivity index (χ1) is 11.2. The number of hydrogen-bond donors (Lipinski definition) is 3. The predicted octanol–water partition coefficient (Wildman–Crippen LogP) is 3.11. The number of anilines is 1. The highest BCUT2D eigenvalue weighted by atomic mass is 16.2. The summed E-state index contributed by atoms with van der Waals surface area (Å²) in [5, 5.41) is 6.90. The molecule has 0 saturated heterocycles. The zero-order valence-corrected chi connectivity index (χ0v) is 14.3. The summed E-state index contributed by atoms with van der Waals surface area (Å²) in [6.07, 6.45) is 3.31. The molecule has 0 aromatic heterocycles. The summed E-state index contributed by atoms with van der Waals surface area (Å²) in [4.78, 5) is 23.3. The fourth-order valence-electron chi connectivity index (χ4n) is 4.16. The number of nitrogens with one attached hydrogen (secondary N) is 2. The first-order valence-electron chi connectivity index (χ1n) is 8.28. The van der Waals surface area contributed by atoms with E-state index in [1.165, 1.54) is 6.42 Å². The number of rotatable bonds is 3. The number of fused-ring (bicyclic) bond motifs is 2. The number of hydrazone groups is 1. The molecule has 128 valence electrons. The summed E-state index contributed by atoms with van der Waals surface area (Å²) in [5.41, 5.74) is 10.0. The molecule has 3 rings (SSSR count). The van der Waals surface area contributed by atoms with Gasteiger partial charge in [0, 0.05) is 22.4 Å². The van der Waals surface area contributed by atoms with Crippen LogP contribution in [-0.4, -0.2) is 17.6 Å². The van der Waals surface area contributed by atoms with E-state index < -0.39 is 6.03 Å². The van der Waals surface area contributed by atoms with E-state index in [-0.39, 0.29) is 16.7 Å². The van der Waals surface area contributed by atoms with Crippen LogP contribution in [0.4, 0.5) is 10.5 Å². The van der Waals surface area contributed by atoms with Gasteiger partial charge in [-0.15, -0.1) is 0 Å². The molecule has 24 heavy (non-hydrogen) atoms. The third kappa shape index (κ3) is 2.56. The highest BCUT2D eigenvalue weighted by molar-refractivity contribution is 5.99. The lowest BCUT2D eigenvalue weighted by Crippen LogP contribution is -2.34. The second-order valence-electron chi connectivity index (χ2n) is 7.56. The van der Waals surface area contributed by atoms with E-state index in [9.17, 15) is 9.59 Å². The van der Waals surface area contributed by atoms with Gasteiger partial charge in [0.15, 0.2) is 0 Å². The van der Waals surface area contributed by atoms with Gasteiger partial charge >= 0.3 is 6.03 Å². The Morgan fingerprint density at radius 2 is 2.04 bits per heavy atom. The monoisotopic (exact) mass is 328 g/mol. The van der Waals surface area contributed by atoms with Gasteiger partial charge in [0.05, 0.1) is 0 Å². The van der Waals surface area contributed by atoms with Crippen molar-refractivity contribution in [1.82, 2.24) is 5.43 Å². The van der Waals surface area contributed by atoms with Crippen LogP contribution in [0.1, 0.15) is 50.4 Å². The molecule has 6 heteroatoms. The van der Waals surface area contributed by atoms with Gasteiger partial charge in [-0.2, -0.15) is 5.10 Å². The SMILES string of the molecule is CC1(C)[C@H]2CC[C@]1(C)/C(=N/NC(=O)c1cccc(NC(N)=O)c1)C2.